The Morgan fingerprint density at radius 2 is 1.93 bits per heavy atom. The molecule has 0 aromatic heterocycles. The van der Waals surface area contributed by atoms with Gasteiger partial charge in [0.1, 0.15) is 0 Å². The Kier molecular flexibility index (Phi) is 4.90. The minimum Gasteiger partial charge on any atom is -0.312 e. The summed E-state index contributed by atoms with van der Waals surface area (Å²) in [6, 6.07) is 2.19. The van der Waals surface area contributed by atoms with E-state index in [9.17, 15) is 0 Å². The molecule has 1 rings (SSSR count). The molecule has 14 heavy (non-hydrogen) atoms. The molecule has 0 bridgehead atoms. The van der Waals surface area contributed by atoms with Crippen LogP contribution in [0.5, 0.6) is 0 Å². The van der Waals surface area contributed by atoms with Crippen molar-refractivity contribution in [2.75, 3.05) is 13.1 Å². The maximum absolute atomic E-state index is 3.61. The number of rotatable bonds is 7. The van der Waals surface area contributed by atoms with Crippen molar-refractivity contribution in [2.24, 2.45) is 0 Å². The summed E-state index contributed by atoms with van der Waals surface area (Å²) in [5.41, 5.74) is 0. The van der Waals surface area contributed by atoms with E-state index in [1.165, 1.54) is 25.8 Å². The van der Waals surface area contributed by atoms with E-state index in [-0.39, 0.29) is 0 Å². The molecule has 2 heteroatoms. The Labute approximate surface area is 89.1 Å². The smallest absolute Gasteiger partial charge is 0.0195 e. The highest BCUT2D eigenvalue weighted by Gasteiger charge is 2.23. The lowest BCUT2D eigenvalue weighted by Crippen LogP contribution is -2.45. The maximum Gasteiger partial charge on any atom is 0.0195 e. The SMILES string of the molecule is CCCN(C(C)C)C(C)CNC1CC1. The van der Waals surface area contributed by atoms with E-state index in [1.54, 1.807) is 0 Å². The molecule has 1 N–H and O–H groups in total. The normalized spacial score (nSPS) is 19.3. The van der Waals surface area contributed by atoms with Crippen LogP contribution in [0.2, 0.25) is 0 Å². The average molecular weight is 198 g/mol. The Morgan fingerprint density at radius 1 is 1.29 bits per heavy atom. The number of hydrogen-bond acceptors (Lipinski definition) is 2. The Balaban J connectivity index is 2.24. The van der Waals surface area contributed by atoms with Crippen LogP contribution in [0.3, 0.4) is 0 Å². The number of nitrogens with zero attached hydrogens (tertiary/aromatic N) is 1. The van der Waals surface area contributed by atoms with Crippen LogP contribution >= 0.6 is 0 Å². The van der Waals surface area contributed by atoms with Gasteiger partial charge in [0.15, 0.2) is 0 Å². The molecular weight excluding hydrogens is 172 g/mol. The van der Waals surface area contributed by atoms with Gasteiger partial charge in [0.25, 0.3) is 0 Å². The molecule has 1 atom stereocenters. The average Bonchev–Trinajstić information content (AvgIpc) is 2.93. The van der Waals surface area contributed by atoms with Crippen molar-refractivity contribution < 1.29 is 0 Å². The predicted octanol–water partition coefficient (Wildman–Crippen LogP) is 2.25. The summed E-state index contributed by atoms with van der Waals surface area (Å²) in [5.74, 6) is 0. The molecule has 0 spiro atoms. The minimum absolute atomic E-state index is 0.672. The summed E-state index contributed by atoms with van der Waals surface area (Å²) in [6.07, 6.45) is 4.04. The molecular formula is C12H26N2. The van der Waals surface area contributed by atoms with Crippen molar-refractivity contribution in [1.29, 1.82) is 0 Å². The zero-order chi connectivity index (χ0) is 10.6. The van der Waals surface area contributed by atoms with Crippen molar-refractivity contribution in [2.45, 2.75) is 65.1 Å². The second kappa shape index (κ2) is 5.72. The van der Waals surface area contributed by atoms with Crippen LogP contribution < -0.4 is 5.32 Å². The Hall–Kier alpha value is -0.0800. The summed E-state index contributed by atoms with van der Waals surface area (Å²) in [7, 11) is 0. The zero-order valence-electron chi connectivity index (χ0n) is 10.2. The van der Waals surface area contributed by atoms with Gasteiger partial charge in [0, 0.05) is 24.7 Å². The van der Waals surface area contributed by atoms with Crippen molar-refractivity contribution in [3.63, 3.8) is 0 Å². The standard InChI is InChI=1S/C12H26N2/c1-5-8-14(10(2)3)11(4)9-13-12-6-7-12/h10-13H,5-9H2,1-4H3. The molecule has 0 amide bonds. The molecule has 84 valence electrons. The molecule has 0 aliphatic heterocycles. The topological polar surface area (TPSA) is 15.3 Å². The van der Waals surface area contributed by atoms with Gasteiger partial charge in [0.2, 0.25) is 0 Å². The van der Waals surface area contributed by atoms with Gasteiger partial charge in [-0.05, 0) is 46.6 Å². The lowest BCUT2D eigenvalue weighted by atomic mass is 10.2. The van der Waals surface area contributed by atoms with Crippen LogP contribution in [0.25, 0.3) is 0 Å². The van der Waals surface area contributed by atoms with Gasteiger partial charge in [0.05, 0.1) is 0 Å². The van der Waals surface area contributed by atoms with Crippen molar-refractivity contribution in [3.8, 4) is 0 Å². The molecule has 1 aliphatic rings. The first-order valence-electron chi connectivity index (χ1n) is 6.14. The largest absolute Gasteiger partial charge is 0.312 e. The Bertz CT molecular complexity index is 152. The number of hydrogen-bond donors (Lipinski definition) is 1. The van der Waals surface area contributed by atoms with Gasteiger partial charge in [-0.2, -0.15) is 0 Å². The van der Waals surface area contributed by atoms with E-state index in [2.05, 4.69) is 37.9 Å². The van der Waals surface area contributed by atoms with E-state index in [1.807, 2.05) is 0 Å². The maximum atomic E-state index is 3.61. The highest BCUT2D eigenvalue weighted by molar-refractivity contribution is 4.83. The number of nitrogens with one attached hydrogen (secondary N) is 1. The van der Waals surface area contributed by atoms with Gasteiger partial charge < -0.3 is 5.32 Å². The van der Waals surface area contributed by atoms with Gasteiger partial charge in [-0.15, -0.1) is 0 Å². The van der Waals surface area contributed by atoms with Crippen LogP contribution in [0.4, 0.5) is 0 Å². The summed E-state index contributed by atoms with van der Waals surface area (Å²) < 4.78 is 0. The second-order valence-corrected chi connectivity index (χ2v) is 4.86. The molecule has 0 radical (unpaired) electrons. The van der Waals surface area contributed by atoms with Crippen molar-refractivity contribution >= 4 is 0 Å². The fraction of sp³-hybridized carbons (Fsp3) is 1.00. The molecule has 1 fully saturated rings. The molecule has 0 heterocycles. The molecule has 2 nitrogen and oxygen atoms in total. The lowest BCUT2D eigenvalue weighted by molar-refractivity contribution is 0.161. The van der Waals surface area contributed by atoms with Crippen LogP contribution in [0.15, 0.2) is 0 Å². The molecule has 0 aromatic carbocycles. The van der Waals surface area contributed by atoms with Crippen LogP contribution in [0, 0.1) is 0 Å². The summed E-state index contributed by atoms with van der Waals surface area (Å²) >= 11 is 0. The molecule has 1 unspecified atom stereocenters. The van der Waals surface area contributed by atoms with Gasteiger partial charge in [-0.1, -0.05) is 6.92 Å². The van der Waals surface area contributed by atoms with E-state index in [4.69, 9.17) is 0 Å². The summed E-state index contributed by atoms with van der Waals surface area (Å²) in [5, 5.41) is 3.61. The fourth-order valence-corrected chi connectivity index (χ4v) is 1.99. The lowest BCUT2D eigenvalue weighted by Gasteiger charge is -2.32. The third kappa shape index (κ3) is 3.97. The first-order chi connectivity index (χ1) is 6.65. The van der Waals surface area contributed by atoms with E-state index in [0.717, 1.165) is 12.6 Å². The predicted molar refractivity (Wildman–Crippen MR) is 62.6 cm³/mol. The molecule has 1 aliphatic carbocycles. The molecule has 0 saturated heterocycles. The third-order valence-corrected chi connectivity index (χ3v) is 2.99. The first-order valence-corrected chi connectivity index (χ1v) is 6.14. The quantitative estimate of drug-likeness (QED) is 0.675. The second-order valence-electron chi connectivity index (χ2n) is 4.86. The summed E-state index contributed by atoms with van der Waals surface area (Å²) in [4.78, 5) is 2.59. The minimum atomic E-state index is 0.672. The fourth-order valence-electron chi connectivity index (χ4n) is 1.99. The molecule has 1 saturated carbocycles. The van der Waals surface area contributed by atoms with Crippen molar-refractivity contribution in [3.05, 3.63) is 0 Å². The van der Waals surface area contributed by atoms with E-state index < -0.39 is 0 Å². The van der Waals surface area contributed by atoms with Gasteiger partial charge >= 0.3 is 0 Å². The van der Waals surface area contributed by atoms with Crippen LogP contribution in [0.1, 0.15) is 47.0 Å². The first kappa shape index (κ1) is 12.0. The van der Waals surface area contributed by atoms with Crippen molar-refractivity contribution in [1.82, 2.24) is 10.2 Å². The van der Waals surface area contributed by atoms with Gasteiger partial charge in [-0.3, -0.25) is 4.90 Å². The van der Waals surface area contributed by atoms with Crippen LogP contribution in [-0.4, -0.2) is 36.1 Å². The zero-order valence-corrected chi connectivity index (χ0v) is 10.2. The Morgan fingerprint density at radius 3 is 2.36 bits per heavy atom. The van der Waals surface area contributed by atoms with E-state index >= 15 is 0 Å². The highest BCUT2D eigenvalue weighted by atomic mass is 15.2. The summed E-state index contributed by atoms with van der Waals surface area (Å²) in [6.45, 7) is 11.6. The third-order valence-electron chi connectivity index (χ3n) is 2.99. The molecule has 0 aromatic rings. The van der Waals surface area contributed by atoms with Crippen LogP contribution in [-0.2, 0) is 0 Å². The van der Waals surface area contributed by atoms with E-state index in [0.29, 0.717) is 12.1 Å². The van der Waals surface area contributed by atoms with Gasteiger partial charge in [-0.25, -0.2) is 0 Å². The highest BCUT2D eigenvalue weighted by Crippen LogP contribution is 2.18. The monoisotopic (exact) mass is 198 g/mol.